The quantitative estimate of drug-likeness (QED) is 0.830. The summed E-state index contributed by atoms with van der Waals surface area (Å²) in [7, 11) is 0. The van der Waals surface area contributed by atoms with Gasteiger partial charge in [0.15, 0.2) is 0 Å². The molecule has 1 aromatic heterocycles. The van der Waals surface area contributed by atoms with Crippen molar-refractivity contribution in [1.29, 1.82) is 0 Å². The first-order valence-electron chi connectivity index (χ1n) is 8.37. The Labute approximate surface area is 138 Å². The van der Waals surface area contributed by atoms with Gasteiger partial charge in [0.2, 0.25) is 5.91 Å². The van der Waals surface area contributed by atoms with Gasteiger partial charge in [0, 0.05) is 45.7 Å². The van der Waals surface area contributed by atoms with Crippen molar-refractivity contribution in [2.24, 2.45) is 5.41 Å². The molecule has 7 nitrogen and oxygen atoms in total. The highest BCUT2D eigenvalue weighted by Gasteiger charge is 2.27. The van der Waals surface area contributed by atoms with E-state index in [4.69, 9.17) is 0 Å². The number of aliphatic hydroxyl groups is 1. The molecule has 0 saturated carbocycles. The SMILES string of the molecule is CC(C)(C)C(O)CN1CCN(C(=O)CCCn2cncn2)CC1. The number of aromatic nitrogens is 3. The van der Waals surface area contributed by atoms with E-state index in [0.717, 1.165) is 39.1 Å². The van der Waals surface area contributed by atoms with E-state index in [0.29, 0.717) is 13.0 Å². The van der Waals surface area contributed by atoms with Crippen molar-refractivity contribution in [3.8, 4) is 0 Å². The van der Waals surface area contributed by atoms with Crippen LogP contribution >= 0.6 is 0 Å². The highest BCUT2D eigenvalue weighted by Crippen LogP contribution is 2.20. The molecular weight excluding hydrogens is 294 g/mol. The van der Waals surface area contributed by atoms with Gasteiger partial charge >= 0.3 is 0 Å². The van der Waals surface area contributed by atoms with E-state index < -0.39 is 0 Å². The van der Waals surface area contributed by atoms with E-state index in [2.05, 4.69) is 15.0 Å². The summed E-state index contributed by atoms with van der Waals surface area (Å²) < 4.78 is 1.75. The summed E-state index contributed by atoms with van der Waals surface area (Å²) in [6.45, 7) is 10.7. The van der Waals surface area contributed by atoms with Crippen molar-refractivity contribution in [3.63, 3.8) is 0 Å². The summed E-state index contributed by atoms with van der Waals surface area (Å²) in [4.78, 5) is 20.3. The molecule has 7 heteroatoms. The number of amides is 1. The van der Waals surface area contributed by atoms with Crippen molar-refractivity contribution >= 4 is 5.91 Å². The van der Waals surface area contributed by atoms with Crippen molar-refractivity contribution < 1.29 is 9.90 Å². The van der Waals surface area contributed by atoms with Crippen molar-refractivity contribution in [3.05, 3.63) is 12.7 Å². The molecule has 0 aromatic carbocycles. The third-order valence-electron chi connectivity index (χ3n) is 4.40. The van der Waals surface area contributed by atoms with E-state index in [-0.39, 0.29) is 17.4 Å². The van der Waals surface area contributed by atoms with Crippen LogP contribution in [0.5, 0.6) is 0 Å². The van der Waals surface area contributed by atoms with Gasteiger partial charge in [0.25, 0.3) is 0 Å². The van der Waals surface area contributed by atoms with E-state index in [9.17, 15) is 9.90 Å². The summed E-state index contributed by atoms with van der Waals surface area (Å²) in [5.41, 5.74) is -0.103. The van der Waals surface area contributed by atoms with E-state index in [1.165, 1.54) is 6.33 Å². The zero-order chi connectivity index (χ0) is 16.9. The molecule has 1 N–H and O–H groups in total. The van der Waals surface area contributed by atoms with Gasteiger partial charge in [-0.05, 0) is 11.8 Å². The zero-order valence-corrected chi connectivity index (χ0v) is 14.5. The zero-order valence-electron chi connectivity index (χ0n) is 14.5. The summed E-state index contributed by atoms with van der Waals surface area (Å²) in [6.07, 6.45) is 4.17. The average molecular weight is 323 g/mol. The Morgan fingerprint density at radius 3 is 2.52 bits per heavy atom. The summed E-state index contributed by atoms with van der Waals surface area (Å²) in [5, 5.41) is 14.2. The highest BCUT2D eigenvalue weighted by atomic mass is 16.3. The fraction of sp³-hybridized carbons (Fsp3) is 0.812. The van der Waals surface area contributed by atoms with Crippen LogP contribution in [-0.4, -0.2) is 74.4 Å². The van der Waals surface area contributed by atoms with Crippen LogP contribution in [-0.2, 0) is 11.3 Å². The Morgan fingerprint density at radius 1 is 1.26 bits per heavy atom. The molecule has 23 heavy (non-hydrogen) atoms. The minimum absolute atomic E-state index is 0.103. The maximum atomic E-state index is 12.2. The van der Waals surface area contributed by atoms with Crippen LogP contribution in [0.15, 0.2) is 12.7 Å². The largest absolute Gasteiger partial charge is 0.391 e. The Kier molecular flexibility index (Phi) is 6.12. The molecule has 2 heterocycles. The molecule has 1 aliphatic rings. The smallest absolute Gasteiger partial charge is 0.222 e. The maximum Gasteiger partial charge on any atom is 0.222 e. The number of piperazine rings is 1. The third kappa shape index (κ3) is 5.58. The number of carbonyl (C=O) groups excluding carboxylic acids is 1. The second kappa shape index (κ2) is 7.88. The molecular formula is C16H29N5O2. The van der Waals surface area contributed by atoms with Gasteiger partial charge in [-0.25, -0.2) is 4.98 Å². The number of aliphatic hydroxyl groups excluding tert-OH is 1. The highest BCUT2D eigenvalue weighted by molar-refractivity contribution is 5.76. The van der Waals surface area contributed by atoms with Crippen molar-refractivity contribution in [2.45, 2.75) is 46.3 Å². The summed E-state index contributed by atoms with van der Waals surface area (Å²) >= 11 is 0. The molecule has 1 amide bonds. The molecule has 130 valence electrons. The van der Waals surface area contributed by atoms with Gasteiger partial charge in [-0.2, -0.15) is 5.10 Å². The standard InChI is InChI=1S/C16H29N5O2/c1-16(2,3)14(22)11-19-7-9-20(10-8-19)15(23)5-4-6-21-13-17-12-18-21/h12-14,22H,4-11H2,1-3H3. The lowest BCUT2D eigenvalue weighted by atomic mass is 9.89. The van der Waals surface area contributed by atoms with E-state index in [1.54, 1.807) is 11.0 Å². The molecule has 1 unspecified atom stereocenters. The Bertz CT molecular complexity index is 475. The number of β-amino-alcohol motifs (C(OH)–C–C–N with tert-alkyl or cyclic N) is 1. The van der Waals surface area contributed by atoms with Crippen molar-refractivity contribution in [2.75, 3.05) is 32.7 Å². The fourth-order valence-corrected chi connectivity index (χ4v) is 2.60. The second-order valence-corrected chi connectivity index (χ2v) is 7.33. The van der Waals surface area contributed by atoms with Crippen molar-refractivity contribution in [1.82, 2.24) is 24.6 Å². The first-order valence-corrected chi connectivity index (χ1v) is 8.37. The van der Waals surface area contributed by atoms with Gasteiger partial charge in [0.05, 0.1) is 6.10 Å². The predicted molar refractivity (Wildman–Crippen MR) is 87.7 cm³/mol. The molecule has 0 spiro atoms. The lowest BCUT2D eigenvalue weighted by Gasteiger charge is -2.38. The van der Waals surface area contributed by atoms with Crippen LogP contribution in [0.3, 0.4) is 0 Å². The number of rotatable bonds is 6. The maximum absolute atomic E-state index is 12.2. The number of hydrogen-bond donors (Lipinski definition) is 1. The minimum atomic E-state index is -0.340. The van der Waals surface area contributed by atoms with Gasteiger partial charge in [0.1, 0.15) is 12.7 Å². The van der Waals surface area contributed by atoms with Gasteiger partial charge in [-0.15, -0.1) is 0 Å². The fourth-order valence-electron chi connectivity index (χ4n) is 2.60. The monoisotopic (exact) mass is 323 g/mol. The van der Waals surface area contributed by atoms with Crippen LogP contribution in [0.1, 0.15) is 33.6 Å². The van der Waals surface area contributed by atoms with Crippen LogP contribution in [0.25, 0.3) is 0 Å². The lowest BCUT2D eigenvalue weighted by Crippen LogP contribution is -2.51. The molecule has 2 rings (SSSR count). The molecule has 1 saturated heterocycles. The predicted octanol–water partition coefficient (Wildman–Crippen LogP) is 0.610. The van der Waals surface area contributed by atoms with Gasteiger partial charge in [-0.3, -0.25) is 14.4 Å². The Morgan fingerprint density at radius 2 is 1.96 bits per heavy atom. The van der Waals surface area contributed by atoms with Crippen LogP contribution in [0.2, 0.25) is 0 Å². The van der Waals surface area contributed by atoms with E-state index in [1.807, 2.05) is 25.7 Å². The van der Waals surface area contributed by atoms with Crippen LogP contribution < -0.4 is 0 Å². The topological polar surface area (TPSA) is 74.5 Å². The number of hydrogen-bond acceptors (Lipinski definition) is 5. The number of carbonyl (C=O) groups is 1. The van der Waals surface area contributed by atoms with Gasteiger partial charge < -0.3 is 10.0 Å². The normalized spacial score (nSPS) is 18.2. The Balaban J connectivity index is 1.66. The molecule has 1 aromatic rings. The number of aryl methyl sites for hydroxylation is 1. The summed E-state index contributed by atoms with van der Waals surface area (Å²) in [5.74, 6) is 0.209. The Hall–Kier alpha value is -1.47. The molecule has 1 fully saturated rings. The third-order valence-corrected chi connectivity index (χ3v) is 4.40. The first-order chi connectivity index (χ1) is 10.9. The lowest BCUT2D eigenvalue weighted by molar-refractivity contribution is -0.133. The van der Waals surface area contributed by atoms with Gasteiger partial charge in [-0.1, -0.05) is 20.8 Å². The average Bonchev–Trinajstić information content (AvgIpc) is 3.00. The molecule has 0 aliphatic carbocycles. The van der Waals surface area contributed by atoms with E-state index >= 15 is 0 Å². The van der Waals surface area contributed by atoms with Crippen LogP contribution in [0, 0.1) is 5.41 Å². The molecule has 0 radical (unpaired) electrons. The minimum Gasteiger partial charge on any atom is -0.391 e. The molecule has 1 atom stereocenters. The molecule has 1 aliphatic heterocycles. The summed E-state index contributed by atoms with van der Waals surface area (Å²) in [6, 6.07) is 0. The molecule has 0 bridgehead atoms. The number of nitrogens with zero attached hydrogens (tertiary/aromatic N) is 5. The van der Waals surface area contributed by atoms with Crippen LogP contribution in [0.4, 0.5) is 0 Å². The first kappa shape index (κ1) is 17.9. The second-order valence-electron chi connectivity index (χ2n) is 7.33.